The van der Waals surface area contributed by atoms with Gasteiger partial charge in [0.2, 0.25) is 12.4 Å². The molecule has 1 aliphatic rings. The molecule has 0 aromatic heterocycles. The maximum atomic E-state index is 11.4. The highest BCUT2D eigenvalue weighted by Crippen LogP contribution is 2.29. The van der Waals surface area contributed by atoms with Crippen LogP contribution in [0.15, 0.2) is 0 Å². The number of hydrogen-bond acceptors (Lipinski definition) is 9. The first kappa shape index (κ1) is 18.9. The Bertz CT molecular complexity index is 487. The van der Waals surface area contributed by atoms with Gasteiger partial charge in [0.15, 0.2) is 12.2 Å². The SMILES string of the molecule is CC(=O)O[C@@H]1O[C@@H](C)[C@@H](OC(C)=O)[C@H](OC(C)=O)[C@H]1OC(C)=O. The van der Waals surface area contributed by atoms with Gasteiger partial charge in [-0.3, -0.25) is 19.2 Å². The molecule has 130 valence electrons. The van der Waals surface area contributed by atoms with Crippen LogP contribution in [0, 0.1) is 0 Å². The Balaban J connectivity index is 3.15. The van der Waals surface area contributed by atoms with Crippen LogP contribution in [0.3, 0.4) is 0 Å². The van der Waals surface area contributed by atoms with Crippen LogP contribution in [0.2, 0.25) is 0 Å². The molecule has 0 saturated carbocycles. The van der Waals surface area contributed by atoms with Crippen LogP contribution < -0.4 is 0 Å². The zero-order chi connectivity index (χ0) is 17.7. The van der Waals surface area contributed by atoms with Gasteiger partial charge in [0.05, 0.1) is 6.10 Å². The van der Waals surface area contributed by atoms with Crippen LogP contribution in [0.1, 0.15) is 34.6 Å². The van der Waals surface area contributed by atoms with Crippen LogP contribution in [-0.2, 0) is 42.9 Å². The van der Waals surface area contributed by atoms with Gasteiger partial charge in [-0.2, -0.15) is 0 Å². The van der Waals surface area contributed by atoms with Gasteiger partial charge in [-0.25, -0.2) is 0 Å². The Hall–Kier alpha value is -2.16. The van der Waals surface area contributed by atoms with Crippen molar-refractivity contribution < 1.29 is 42.9 Å². The number of rotatable bonds is 4. The van der Waals surface area contributed by atoms with Crippen molar-refractivity contribution in [2.75, 3.05) is 0 Å². The molecule has 0 spiro atoms. The monoisotopic (exact) mass is 332 g/mol. The van der Waals surface area contributed by atoms with Crippen LogP contribution in [0.5, 0.6) is 0 Å². The molecule has 0 radical (unpaired) electrons. The smallest absolute Gasteiger partial charge is 0.305 e. The second-order valence-corrected chi connectivity index (χ2v) is 5.04. The minimum absolute atomic E-state index is 0.630. The molecule has 0 aromatic carbocycles. The first-order valence-corrected chi connectivity index (χ1v) is 6.96. The fourth-order valence-corrected chi connectivity index (χ4v) is 2.23. The maximum absolute atomic E-state index is 11.4. The van der Waals surface area contributed by atoms with Gasteiger partial charge in [0.1, 0.15) is 0 Å². The van der Waals surface area contributed by atoms with Crippen LogP contribution >= 0.6 is 0 Å². The lowest BCUT2D eigenvalue weighted by atomic mass is 9.99. The third kappa shape index (κ3) is 5.51. The Morgan fingerprint density at radius 2 is 1.04 bits per heavy atom. The summed E-state index contributed by atoms with van der Waals surface area (Å²) < 4.78 is 25.7. The van der Waals surface area contributed by atoms with Gasteiger partial charge < -0.3 is 23.7 Å². The van der Waals surface area contributed by atoms with E-state index < -0.39 is 54.6 Å². The van der Waals surface area contributed by atoms with E-state index in [0.29, 0.717) is 0 Å². The molecule has 1 aliphatic heterocycles. The Morgan fingerprint density at radius 3 is 1.48 bits per heavy atom. The summed E-state index contributed by atoms with van der Waals surface area (Å²) in [5, 5.41) is 0. The summed E-state index contributed by atoms with van der Waals surface area (Å²) in [6.45, 7) is 6.16. The number of carbonyl (C=O) groups excluding carboxylic acids is 4. The number of esters is 4. The molecule has 1 heterocycles. The topological polar surface area (TPSA) is 114 Å². The molecule has 1 fully saturated rings. The highest BCUT2D eigenvalue weighted by atomic mass is 16.7. The lowest BCUT2D eigenvalue weighted by Gasteiger charge is -2.42. The van der Waals surface area contributed by atoms with Gasteiger partial charge in [-0.05, 0) is 6.92 Å². The Kier molecular flexibility index (Phi) is 6.49. The van der Waals surface area contributed by atoms with Crippen LogP contribution in [-0.4, -0.2) is 54.6 Å². The van der Waals surface area contributed by atoms with E-state index in [1.807, 2.05) is 0 Å². The quantitative estimate of drug-likeness (QED) is 0.521. The molecule has 5 atom stereocenters. The molecule has 0 aromatic rings. The predicted octanol–water partition coefficient (Wildman–Crippen LogP) is 0.0894. The second-order valence-electron chi connectivity index (χ2n) is 5.04. The summed E-state index contributed by atoms with van der Waals surface area (Å²) in [5.74, 6) is -2.69. The molecule has 0 N–H and O–H groups in total. The minimum Gasteiger partial charge on any atom is -0.456 e. The van der Waals surface area contributed by atoms with E-state index in [4.69, 9.17) is 23.7 Å². The lowest BCUT2D eigenvalue weighted by molar-refractivity contribution is -0.292. The van der Waals surface area contributed by atoms with Gasteiger partial charge in [-0.1, -0.05) is 0 Å². The van der Waals surface area contributed by atoms with Crippen molar-refractivity contribution in [2.24, 2.45) is 0 Å². The van der Waals surface area contributed by atoms with E-state index in [1.165, 1.54) is 6.92 Å². The van der Waals surface area contributed by atoms with Crippen molar-refractivity contribution in [2.45, 2.75) is 65.3 Å². The molecule has 9 heteroatoms. The molecule has 0 amide bonds. The van der Waals surface area contributed by atoms with E-state index in [9.17, 15) is 19.2 Å². The van der Waals surface area contributed by atoms with Gasteiger partial charge in [0.25, 0.3) is 0 Å². The molecular formula is C14H20O9. The summed E-state index contributed by atoms with van der Waals surface area (Å²) in [7, 11) is 0. The van der Waals surface area contributed by atoms with Crippen molar-refractivity contribution in [3.63, 3.8) is 0 Å². The molecule has 23 heavy (non-hydrogen) atoms. The van der Waals surface area contributed by atoms with Crippen molar-refractivity contribution in [1.82, 2.24) is 0 Å². The Morgan fingerprint density at radius 1 is 0.652 bits per heavy atom. The number of carbonyl (C=O) groups is 4. The molecule has 0 unspecified atom stereocenters. The van der Waals surface area contributed by atoms with Crippen molar-refractivity contribution >= 4 is 23.9 Å². The zero-order valence-electron chi connectivity index (χ0n) is 13.6. The van der Waals surface area contributed by atoms with E-state index in [2.05, 4.69) is 0 Å². The summed E-state index contributed by atoms with van der Waals surface area (Å²) in [4.78, 5) is 45.1. The highest BCUT2D eigenvalue weighted by Gasteiger charge is 2.51. The third-order valence-corrected chi connectivity index (χ3v) is 2.92. The van der Waals surface area contributed by atoms with Crippen LogP contribution in [0.25, 0.3) is 0 Å². The van der Waals surface area contributed by atoms with E-state index in [0.717, 1.165) is 20.8 Å². The van der Waals surface area contributed by atoms with Crippen LogP contribution in [0.4, 0.5) is 0 Å². The standard InChI is InChI=1S/C14H20O9/c1-6-11(20-7(2)15)12(21-8(3)16)13(22-9(4)17)14(19-6)23-10(5)18/h6,11-14H,1-5H3/t6-,11+,12-,13+,14-/m0/s1. The second kappa shape index (κ2) is 7.91. The molecule has 1 rings (SSSR count). The molecule has 1 saturated heterocycles. The molecule has 0 bridgehead atoms. The average molecular weight is 332 g/mol. The largest absolute Gasteiger partial charge is 0.456 e. The molecule has 0 aliphatic carbocycles. The van der Waals surface area contributed by atoms with Crippen molar-refractivity contribution in [3.05, 3.63) is 0 Å². The average Bonchev–Trinajstić information content (AvgIpc) is 2.36. The summed E-state index contributed by atoms with van der Waals surface area (Å²) in [5.41, 5.74) is 0. The normalized spacial score (nSPS) is 30.0. The zero-order valence-corrected chi connectivity index (χ0v) is 13.6. The fraction of sp³-hybridized carbons (Fsp3) is 0.714. The number of ether oxygens (including phenoxy) is 5. The van der Waals surface area contributed by atoms with Gasteiger partial charge in [-0.15, -0.1) is 0 Å². The third-order valence-electron chi connectivity index (χ3n) is 2.92. The summed E-state index contributed by atoms with van der Waals surface area (Å²) in [6, 6.07) is 0. The lowest BCUT2D eigenvalue weighted by Crippen LogP contribution is -2.61. The summed E-state index contributed by atoms with van der Waals surface area (Å²) in [6.07, 6.45) is -5.51. The summed E-state index contributed by atoms with van der Waals surface area (Å²) >= 11 is 0. The van der Waals surface area contributed by atoms with Gasteiger partial charge >= 0.3 is 23.9 Å². The predicted molar refractivity (Wildman–Crippen MR) is 72.8 cm³/mol. The first-order chi connectivity index (χ1) is 10.6. The highest BCUT2D eigenvalue weighted by molar-refractivity contribution is 5.69. The van der Waals surface area contributed by atoms with E-state index in [1.54, 1.807) is 6.92 Å². The number of hydrogen-bond donors (Lipinski definition) is 0. The Labute approximate surface area is 133 Å². The molecular weight excluding hydrogens is 312 g/mol. The first-order valence-electron chi connectivity index (χ1n) is 6.96. The maximum Gasteiger partial charge on any atom is 0.305 e. The van der Waals surface area contributed by atoms with Crippen molar-refractivity contribution in [3.8, 4) is 0 Å². The van der Waals surface area contributed by atoms with Gasteiger partial charge in [0, 0.05) is 27.7 Å². The molecule has 9 nitrogen and oxygen atoms in total. The van der Waals surface area contributed by atoms with E-state index in [-0.39, 0.29) is 0 Å². The van der Waals surface area contributed by atoms with Crippen molar-refractivity contribution in [1.29, 1.82) is 0 Å². The minimum atomic E-state index is -1.29. The van der Waals surface area contributed by atoms with E-state index >= 15 is 0 Å². The fourth-order valence-electron chi connectivity index (χ4n) is 2.23.